The van der Waals surface area contributed by atoms with Crippen LogP contribution in [0.4, 0.5) is 0 Å². The monoisotopic (exact) mass is 297 g/mol. The predicted octanol–water partition coefficient (Wildman–Crippen LogP) is 0.259. The molecule has 3 N–H and O–H groups in total. The maximum absolute atomic E-state index is 12.0. The van der Waals surface area contributed by atoms with E-state index in [4.69, 9.17) is 9.84 Å². The molecule has 1 aromatic carbocycles. The van der Waals surface area contributed by atoms with Crippen molar-refractivity contribution in [3.05, 3.63) is 42.5 Å². The quantitative estimate of drug-likeness (QED) is 0.680. The summed E-state index contributed by atoms with van der Waals surface area (Å²) in [5.41, 5.74) is 0.677. The zero-order chi connectivity index (χ0) is 14.4. The molecular weight excluding hydrogens is 282 g/mol. The lowest BCUT2D eigenvalue weighted by molar-refractivity contribution is 0.201. The van der Waals surface area contributed by atoms with Gasteiger partial charge in [0.1, 0.15) is 12.4 Å². The molecule has 108 valence electrons. The van der Waals surface area contributed by atoms with Crippen LogP contribution in [0.25, 0.3) is 0 Å². The summed E-state index contributed by atoms with van der Waals surface area (Å²) in [5.74, 6) is 0.506. The van der Waals surface area contributed by atoms with E-state index in [1.807, 2.05) is 0 Å². The third-order valence-electron chi connectivity index (χ3n) is 2.50. The first-order valence-corrected chi connectivity index (χ1v) is 7.41. The molecule has 0 fully saturated rings. The maximum Gasteiger partial charge on any atom is 0.240 e. The van der Waals surface area contributed by atoms with Crippen molar-refractivity contribution in [1.29, 1.82) is 0 Å². The van der Waals surface area contributed by atoms with Gasteiger partial charge in [-0.05, 0) is 24.3 Å². The Balaban J connectivity index is 2.01. The van der Waals surface area contributed by atoms with Crippen LogP contribution in [0.2, 0.25) is 0 Å². The van der Waals surface area contributed by atoms with E-state index in [1.54, 1.807) is 18.3 Å². The minimum Gasteiger partial charge on any atom is -0.491 e. The van der Waals surface area contributed by atoms with Crippen molar-refractivity contribution in [2.75, 3.05) is 13.2 Å². The molecule has 8 heteroatoms. The van der Waals surface area contributed by atoms with Gasteiger partial charge in [-0.15, -0.1) is 0 Å². The van der Waals surface area contributed by atoms with E-state index < -0.39 is 10.0 Å². The van der Waals surface area contributed by atoms with Crippen LogP contribution in [-0.4, -0.2) is 36.7 Å². The molecule has 0 aliphatic rings. The van der Waals surface area contributed by atoms with Gasteiger partial charge >= 0.3 is 0 Å². The van der Waals surface area contributed by atoms with Crippen molar-refractivity contribution in [1.82, 2.24) is 14.7 Å². The fourth-order valence-electron chi connectivity index (χ4n) is 1.52. The van der Waals surface area contributed by atoms with Crippen LogP contribution in [0.5, 0.6) is 5.75 Å². The van der Waals surface area contributed by atoms with Gasteiger partial charge in [-0.3, -0.25) is 0 Å². The first-order valence-electron chi connectivity index (χ1n) is 5.92. The highest BCUT2D eigenvalue weighted by molar-refractivity contribution is 7.89. The number of aromatic amines is 1. The minimum absolute atomic E-state index is 0.0915. The second-order valence-electron chi connectivity index (χ2n) is 3.94. The lowest BCUT2D eigenvalue weighted by Gasteiger charge is -2.07. The van der Waals surface area contributed by atoms with Gasteiger partial charge in [0.05, 0.1) is 24.4 Å². The molecule has 0 saturated heterocycles. The summed E-state index contributed by atoms with van der Waals surface area (Å²) in [6, 6.07) is 5.98. The number of H-pyrrole nitrogens is 1. The first-order chi connectivity index (χ1) is 9.62. The molecule has 0 aliphatic carbocycles. The van der Waals surface area contributed by atoms with Gasteiger partial charge in [0, 0.05) is 11.9 Å². The van der Waals surface area contributed by atoms with Crippen LogP contribution in [0.3, 0.4) is 0 Å². The Labute approximate surface area is 116 Å². The average molecular weight is 297 g/mol. The Morgan fingerprint density at radius 2 is 2.05 bits per heavy atom. The lowest BCUT2D eigenvalue weighted by atomic mass is 10.3. The second-order valence-corrected chi connectivity index (χ2v) is 5.71. The summed E-state index contributed by atoms with van der Waals surface area (Å²) in [6.45, 7) is 0.223. The average Bonchev–Trinajstić information content (AvgIpc) is 2.97. The molecular formula is C12H15N3O4S. The Morgan fingerprint density at radius 3 is 2.65 bits per heavy atom. The van der Waals surface area contributed by atoms with Gasteiger partial charge < -0.3 is 14.8 Å². The first kappa shape index (κ1) is 14.5. The number of sulfonamides is 1. The third kappa shape index (κ3) is 3.80. The summed E-state index contributed by atoms with van der Waals surface area (Å²) in [6.07, 6.45) is 3.03. The van der Waals surface area contributed by atoms with E-state index in [0.29, 0.717) is 11.4 Å². The molecule has 0 aliphatic heterocycles. The molecule has 0 spiro atoms. The largest absolute Gasteiger partial charge is 0.491 e. The van der Waals surface area contributed by atoms with Crippen LogP contribution in [0, 0.1) is 0 Å². The van der Waals surface area contributed by atoms with Crippen molar-refractivity contribution in [2.45, 2.75) is 11.4 Å². The second kappa shape index (κ2) is 6.51. The van der Waals surface area contributed by atoms with Gasteiger partial charge in [-0.2, -0.15) is 0 Å². The van der Waals surface area contributed by atoms with Crippen molar-refractivity contribution in [2.24, 2.45) is 0 Å². The lowest BCUT2D eigenvalue weighted by Crippen LogP contribution is -2.23. The smallest absolute Gasteiger partial charge is 0.240 e. The number of hydrogen-bond acceptors (Lipinski definition) is 5. The number of aliphatic hydroxyl groups excluding tert-OH is 1. The highest BCUT2D eigenvalue weighted by Crippen LogP contribution is 2.16. The normalized spacial score (nSPS) is 11.4. The topological polar surface area (TPSA) is 104 Å². The SMILES string of the molecule is O=S(=O)(NCc1cnc[nH]1)c1ccc(OCCO)cc1. The van der Waals surface area contributed by atoms with Gasteiger partial charge in [-0.1, -0.05) is 0 Å². The van der Waals surface area contributed by atoms with Gasteiger partial charge in [0.15, 0.2) is 0 Å². The number of nitrogens with zero attached hydrogens (tertiary/aromatic N) is 1. The fourth-order valence-corrected chi connectivity index (χ4v) is 2.52. The Morgan fingerprint density at radius 1 is 1.30 bits per heavy atom. The van der Waals surface area contributed by atoms with Crippen LogP contribution in [0.15, 0.2) is 41.7 Å². The molecule has 0 unspecified atom stereocenters. The van der Waals surface area contributed by atoms with Gasteiger partial charge in [0.25, 0.3) is 0 Å². The molecule has 0 radical (unpaired) electrons. The Bertz CT molecular complexity index is 623. The number of aliphatic hydroxyl groups is 1. The molecule has 0 saturated carbocycles. The molecule has 1 aromatic heterocycles. The summed E-state index contributed by atoms with van der Waals surface area (Å²) < 4.78 is 31.7. The number of ether oxygens (including phenoxy) is 1. The predicted molar refractivity (Wildman–Crippen MR) is 71.6 cm³/mol. The van der Waals surface area contributed by atoms with E-state index in [0.717, 1.165) is 0 Å². The highest BCUT2D eigenvalue weighted by Gasteiger charge is 2.13. The zero-order valence-electron chi connectivity index (χ0n) is 10.6. The number of nitrogens with one attached hydrogen (secondary N) is 2. The summed E-state index contributed by atoms with van der Waals surface area (Å²) in [4.78, 5) is 6.77. The standard InChI is InChI=1S/C12H15N3O4S/c16-5-6-19-11-1-3-12(4-2-11)20(17,18)15-8-10-7-13-9-14-10/h1-4,7,9,15-16H,5-6,8H2,(H,13,14). The number of hydrogen-bond donors (Lipinski definition) is 3. The van der Waals surface area contributed by atoms with Crippen molar-refractivity contribution in [3.8, 4) is 5.75 Å². The molecule has 0 atom stereocenters. The van der Waals surface area contributed by atoms with Crippen LogP contribution >= 0.6 is 0 Å². The van der Waals surface area contributed by atoms with Crippen molar-refractivity contribution < 1.29 is 18.3 Å². The Hall–Kier alpha value is -1.90. The summed E-state index contributed by atoms with van der Waals surface area (Å²) in [5, 5.41) is 8.63. The highest BCUT2D eigenvalue weighted by atomic mass is 32.2. The maximum atomic E-state index is 12.0. The van der Waals surface area contributed by atoms with Crippen LogP contribution in [0.1, 0.15) is 5.69 Å². The Kier molecular flexibility index (Phi) is 4.72. The number of aromatic nitrogens is 2. The van der Waals surface area contributed by atoms with Gasteiger partial charge in [0.2, 0.25) is 10.0 Å². The summed E-state index contributed by atoms with van der Waals surface area (Å²) >= 11 is 0. The molecule has 7 nitrogen and oxygen atoms in total. The molecule has 0 bridgehead atoms. The van der Waals surface area contributed by atoms with Gasteiger partial charge in [-0.25, -0.2) is 18.1 Å². The van der Waals surface area contributed by atoms with Crippen LogP contribution < -0.4 is 9.46 Å². The van der Waals surface area contributed by atoms with E-state index in [1.165, 1.54) is 18.5 Å². The minimum atomic E-state index is -3.58. The van der Waals surface area contributed by atoms with Crippen molar-refractivity contribution >= 4 is 10.0 Å². The fraction of sp³-hybridized carbons (Fsp3) is 0.250. The number of rotatable bonds is 7. The molecule has 2 aromatic rings. The summed E-state index contributed by atoms with van der Waals surface area (Å²) in [7, 11) is -3.58. The van der Waals surface area contributed by atoms with Crippen molar-refractivity contribution in [3.63, 3.8) is 0 Å². The molecule has 2 rings (SSSR count). The van der Waals surface area contributed by atoms with E-state index in [2.05, 4.69) is 14.7 Å². The number of benzene rings is 1. The third-order valence-corrected chi connectivity index (χ3v) is 3.92. The van der Waals surface area contributed by atoms with Crippen LogP contribution in [-0.2, 0) is 16.6 Å². The molecule has 20 heavy (non-hydrogen) atoms. The van der Waals surface area contributed by atoms with E-state index >= 15 is 0 Å². The van der Waals surface area contributed by atoms with E-state index in [9.17, 15) is 8.42 Å². The molecule has 0 amide bonds. The number of imidazole rings is 1. The molecule has 1 heterocycles. The van der Waals surface area contributed by atoms with E-state index in [-0.39, 0.29) is 24.7 Å². The zero-order valence-corrected chi connectivity index (χ0v) is 11.4.